The normalized spacial score (nSPS) is 11.1. The summed E-state index contributed by atoms with van der Waals surface area (Å²) in [6.45, 7) is 0. The molecule has 0 fully saturated rings. The van der Waals surface area contributed by atoms with Gasteiger partial charge in [-0.2, -0.15) is 0 Å². The molecule has 0 amide bonds. The van der Waals surface area contributed by atoms with Crippen LogP contribution in [0.2, 0.25) is 0 Å². The molecule has 0 bridgehead atoms. The van der Waals surface area contributed by atoms with Gasteiger partial charge < -0.3 is 0 Å². The Morgan fingerprint density at radius 3 is 1.83 bits per heavy atom. The minimum absolute atomic E-state index is 0.430. The van der Waals surface area contributed by atoms with Crippen LogP contribution in [0.15, 0.2) is 48.5 Å². The Hall–Kier alpha value is -1.64. The first-order chi connectivity index (χ1) is 8.70. The largest absolute Gasteiger partial charge is 0.328 e. The Labute approximate surface area is 105 Å². The topological polar surface area (TPSA) is 26.3 Å². The standard InChI is InChI=1S/C13H9F2O2P/c14-11-5-1-3-9(7-11)13(17-18-16)10-4-2-6-12(15)8-10/h1-8,13H. The van der Waals surface area contributed by atoms with Gasteiger partial charge in [-0.15, -0.1) is 0 Å². The fraction of sp³-hybridized carbons (Fsp3) is 0.0769. The van der Waals surface area contributed by atoms with E-state index in [-0.39, 0.29) is 0 Å². The lowest BCUT2D eigenvalue weighted by Gasteiger charge is -2.14. The van der Waals surface area contributed by atoms with Gasteiger partial charge in [0.2, 0.25) is 0 Å². The molecule has 2 rings (SSSR count). The average molecular weight is 266 g/mol. The molecule has 0 unspecified atom stereocenters. The molecule has 0 saturated carbocycles. The second-order valence-corrected chi connectivity index (χ2v) is 4.03. The van der Waals surface area contributed by atoms with Gasteiger partial charge in [-0.3, -0.25) is 4.52 Å². The highest BCUT2D eigenvalue weighted by atomic mass is 31.1. The molecule has 0 aromatic heterocycles. The fourth-order valence-corrected chi connectivity index (χ4v) is 2.03. The van der Waals surface area contributed by atoms with Gasteiger partial charge >= 0.3 is 8.69 Å². The number of benzene rings is 2. The minimum Gasteiger partial charge on any atom is -0.281 e. The van der Waals surface area contributed by atoms with E-state index < -0.39 is 26.4 Å². The van der Waals surface area contributed by atoms with E-state index in [4.69, 9.17) is 4.52 Å². The molecule has 5 heteroatoms. The number of hydrogen-bond donors (Lipinski definition) is 0. The van der Waals surface area contributed by atoms with Crippen molar-refractivity contribution in [2.24, 2.45) is 0 Å². The third-order valence-electron chi connectivity index (χ3n) is 2.45. The number of rotatable bonds is 4. The van der Waals surface area contributed by atoms with E-state index >= 15 is 0 Å². The summed E-state index contributed by atoms with van der Waals surface area (Å²) in [5, 5.41) is 0. The zero-order valence-electron chi connectivity index (χ0n) is 9.22. The van der Waals surface area contributed by atoms with Crippen LogP contribution in [0.3, 0.4) is 0 Å². The maximum absolute atomic E-state index is 13.2. The minimum atomic E-state index is -0.768. The lowest BCUT2D eigenvalue weighted by Crippen LogP contribution is -2.02. The Balaban J connectivity index is 2.42. The van der Waals surface area contributed by atoms with E-state index in [1.165, 1.54) is 36.4 Å². The van der Waals surface area contributed by atoms with Crippen LogP contribution in [0.1, 0.15) is 17.2 Å². The SMILES string of the molecule is O=POC(c1cccc(F)c1)c1cccc(F)c1. The molecule has 0 aliphatic heterocycles. The van der Waals surface area contributed by atoms with Crippen molar-refractivity contribution in [2.45, 2.75) is 6.10 Å². The van der Waals surface area contributed by atoms with Crippen LogP contribution >= 0.6 is 8.69 Å². The van der Waals surface area contributed by atoms with Crippen LogP contribution in [0, 0.1) is 11.6 Å². The summed E-state index contributed by atoms with van der Waals surface area (Å²) in [5.74, 6) is -0.861. The summed E-state index contributed by atoms with van der Waals surface area (Å²) in [6, 6.07) is 11.4. The van der Waals surface area contributed by atoms with Crippen molar-refractivity contribution < 1.29 is 17.9 Å². The summed E-state index contributed by atoms with van der Waals surface area (Å²) in [6.07, 6.45) is -0.768. The van der Waals surface area contributed by atoms with Gasteiger partial charge in [0.1, 0.15) is 17.7 Å². The van der Waals surface area contributed by atoms with Gasteiger partial charge in [-0.1, -0.05) is 24.3 Å². The Morgan fingerprint density at radius 2 is 1.44 bits per heavy atom. The van der Waals surface area contributed by atoms with Crippen LogP contribution < -0.4 is 0 Å². The third-order valence-corrected chi connectivity index (χ3v) is 2.75. The zero-order chi connectivity index (χ0) is 13.0. The van der Waals surface area contributed by atoms with Gasteiger partial charge in [0.25, 0.3) is 0 Å². The second-order valence-electron chi connectivity index (χ2n) is 3.67. The molecule has 18 heavy (non-hydrogen) atoms. The highest BCUT2D eigenvalue weighted by Gasteiger charge is 2.16. The predicted molar refractivity (Wildman–Crippen MR) is 63.3 cm³/mol. The first kappa shape index (κ1) is 12.8. The van der Waals surface area contributed by atoms with Crippen molar-refractivity contribution >= 4 is 8.69 Å². The monoisotopic (exact) mass is 266 g/mol. The summed E-state index contributed by atoms with van der Waals surface area (Å²) in [5.41, 5.74) is 0.952. The molecule has 2 aromatic carbocycles. The van der Waals surface area contributed by atoms with E-state index in [2.05, 4.69) is 0 Å². The second kappa shape index (κ2) is 5.80. The smallest absolute Gasteiger partial charge is 0.281 e. The molecule has 0 saturated heterocycles. The van der Waals surface area contributed by atoms with Crippen molar-refractivity contribution in [1.82, 2.24) is 0 Å². The van der Waals surface area contributed by atoms with Gasteiger partial charge in [-0.25, -0.2) is 13.3 Å². The van der Waals surface area contributed by atoms with Crippen molar-refractivity contribution in [3.8, 4) is 0 Å². The van der Waals surface area contributed by atoms with Crippen LogP contribution in [-0.4, -0.2) is 0 Å². The molecule has 2 nitrogen and oxygen atoms in total. The Kier molecular flexibility index (Phi) is 4.13. The highest BCUT2D eigenvalue weighted by Crippen LogP contribution is 2.30. The molecular weight excluding hydrogens is 257 g/mol. The van der Waals surface area contributed by atoms with Crippen LogP contribution in [0.5, 0.6) is 0 Å². The molecule has 0 aliphatic carbocycles. The van der Waals surface area contributed by atoms with Gasteiger partial charge in [0.05, 0.1) is 0 Å². The summed E-state index contributed by atoms with van der Waals surface area (Å²) in [7, 11) is -0.548. The lowest BCUT2D eigenvalue weighted by molar-refractivity contribution is 0.271. The van der Waals surface area contributed by atoms with Crippen molar-refractivity contribution in [3.05, 3.63) is 71.3 Å². The molecule has 0 aliphatic rings. The van der Waals surface area contributed by atoms with Gasteiger partial charge in [-0.05, 0) is 35.4 Å². The number of hydrogen-bond acceptors (Lipinski definition) is 2. The molecule has 0 N–H and O–H groups in total. The lowest BCUT2D eigenvalue weighted by atomic mass is 10.0. The van der Waals surface area contributed by atoms with Crippen LogP contribution in [0.4, 0.5) is 8.78 Å². The van der Waals surface area contributed by atoms with E-state index in [9.17, 15) is 13.3 Å². The Morgan fingerprint density at radius 1 is 0.944 bits per heavy atom. The van der Waals surface area contributed by atoms with E-state index in [0.29, 0.717) is 11.1 Å². The first-order valence-electron chi connectivity index (χ1n) is 5.20. The van der Waals surface area contributed by atoms with Gasteiger partial charge in [0, 0.05) is 0 Å². The van der Waals surface area contributed by atoms with Crippen LogP contribution in [-0.2, 0) is 9.09 Å². The molecular formula is C13H9F2O2P. The number of halogens is 2. The Bertz CT molecular complexity index is 515. The maximum atomic E-state index is 13.2. The van der Waals surface area contributed by atoms with Gasteiger partial charge in [0.15, 0.2) is 0 Å². The van der Waals surface area contributed by atoms with Crippen molar-refractivity contribution in [3.63, 3.8) is 0 Å². The summed E-state index contributed by atoms with van der Waals surface area (Å²) < 4.78 is 41.9. The third kappa shape index (κ3) is 2.97. The maximum Gasteiger partial charge on any atom is 0.328 e. The average Bonchev–Trinajstić information content (AvgIpc) is 2.36. The van der Waals surface area contributed by atoms with E-state index in [0.717, 1.165) is 0 Å². The fourth-order valence-electron chi connectivity index (χ4n) is 1.70. The van der Waals surface area contributed by atoms with E-state index in [1.807, 2.05) is 0 Å². The molecule has 0 spiro atoms. The zero-order valence-corrected chi connectivity index (χ0v) is 10.1. The molecule has 2 aromatic rings. The molecule has 0 radical (unpaired) electrons. The molecule has 0 heterocycles. The first-order valence-corrected chi connectivity index (χ1v) is 5.93. The molecule has 92 valence electrons. The summed E-state index contributed by atoms with van der Waals surface area (Å²) in [4.78, 5) is 0. The van der Waals surface area contributed by atoms with Crippen molar-refractivity contribution in [1.29, 1.82) is 0 Å². The summed E-state index contributed by atoms with van der Waals surface area (Å²) >= 11 is 0. The van der Waals surface area contributed by atoms with Crippen LogP contribution in [0.25, 0.3) is 0 Å². The predicted octanol–water partition coefficient (Wildman–Crippen LogP) is 4.28. The van der Waals surface area contributed by atoms with Crippen molar-refractivity contribution in [2.75, 3.05) is 0 Å². The highest BCUT2D eigenvalue weighted by molar-refractivity contribution is 7.17. The molecule has 0 atom stereocenters. The van der Waals surface area contributed by atoms with E-state index in [1.54, 1.807) is 12.1 Å². The quantitative estimate of drug-likeness (QED) is 0.772.